The van der Waals surface area contributed by atoms with Crippen molar-refractivity contribution in [1.29, 1.82) is 0 Å². The Morgan fingerprint density at radius 1 is 1.17 bits per heavy atom. The zero-order valence-corrected chi connectivity index (χ0v) is 18.3. The van der Waals surface area contributed by atoms with E-state index >= 15 is 0 Å². The van der Waals surface area contributed by atoms with Crippen LogP contribution in [0.15, 0.2) is 30.3 Å². The van der Waals surface area contributed by atoms with Crippen LogP contribution in [0.2, 0.25) is 0 Å². The van der Waals surface area contributed by atoms with E-state index < -0.39 is 35.3 Å². The van der Waals surface area contributed by atoms with Gasteiger partial charge in [0.05, 0.1) is 17.4 Å². The van der Waals surface area contributed by atoms with Gasteiger partial charge in [-0.3, -0.25) is 4.79 Å². The Bertz CT molecular complexity index is 657. The summed E-state index contributed by atoms with van der Waals surface area (Å²) in [7, 11) is 0. The standard InChI is InChI=1S/C22H31Cl2NO4/c1-2-3-4-8-11-15-17(23)13-16(20(26)19(15)24)21(27)25-18(22(28)29)12-14-9-6-5-7-10-14/h5-7,9-10,15-20,26H,2-4,8,11-13H2,1H3,(H,25,27)(H,28,29)/t15?,16?,17?,18-,19?,20?/m0/s1. The van der Waals surface area contributed by atoms with E-state index in [1.165, 1.54) is 0 Å². The smallest absolute Gasteiger partial charge is 0.326 e. The zero-order chi connectivity index (χ0) is 21.4. The van der Waals surface area contributed by atoms with Crippen molar-refractivity contribution in [2.24, 2.45) is 11.8 Å². The van der Waals surface area contributed by atoms with Crippen molar-refractivity contribution < 1.29 is 19.8 Å². The third-order valence-electron chi connectivity index (χ3n) is 5.72. The molecule has 0 saturated heterocycles. The summed E-state index contributed by atoms with van der Waals surface area (Å²) in [6.07, 6.45) is 4.60. The van der Waals surface area contributed by atoms with Gasteiger partial charge in [-0.15, -0.1) is 23.2 Å². The Balaban J connectivity index is 1.98. The van der Waals surface area contributed by atoms with E-state index in [9.17, 15) is 19.8 Å². The van der Waals surface area contributed by atoms with Gasteiger partial charge in [0.15, 0.2) is 0 Å². The lowest BCUT2D eigenvalue weighted by molar-refractivity contribution is -0.143. The maximum absolute atomic E-state index is 12.8. The van der Waals surface area contributed by atoms with Crippen LogP contribution in [0.4, 0.5) is 0 Å². The van der Waals surface area contributed by atoms with Crippen LogP contribution in [0.25, 0.3) is 0 Å². The lowest BCUT2D eigenvalue weighted by Gasteiger charge is -2.40. The molecule has 162 valence electrons. The first kappa shape index (κ1) is 24.0. The van der Waals surface area contributed by atoms with Crippen molar-refractivity contribution in [1.82, 2.24) is 5.32 Å². The van der Waals surface area contributed by atoms with E-state index in [4.69, 9.17) is 23.2 Å². The molecule has 29 heavy (non-hydrogen) atoms. The normalized spacial score (nSPS) is 27.9. The number of unbranched alkanes of at least 4 members (excludes halogenated alkanes) is 3. The molecule has 1 aromatic carbocycles. The van der Waals surface area contributed by atoms with E-state index in [0.29, 0.717) is 0 Å². The summed E-state index contributed by atoms with van der Waals surface area (Å²) in [5.41, 5.74) is 0.807. The van der Waals surface area contributed by atoms with Crippen LogP contribution >= 0.6 is 23.2 Å². The molecular weight excluding hydrogens is 413 g/mol. The number of amides is 1. The minimum absolute atomic E-state index is 0.0613. The van der Waals surface area contributed by atoms with Crippen molar-refractivity contribution in [2.45, 2.75) is 74.8 Å². The van der Waals surface area contributed by atoms with Gasteiger partial charge >= 0.3 is 5.97 Å². The molecule has 0 bridgehead atoms. The van der Waals surface area contributed by atoms with E-state index in [0.717, 1.165) is 37.7 Å². The fraction of sp³-hybridized carbons (Fsp3) is 0.636. The topological polar surface area (TPSA) is 86.6 Å². The molecule has 1 aromatic rings. The Morgan fingerprint density at radius 2 is 1.86 bits per heavy atom. The van der Waals surface area contributed by atoms with Crippen molar-refractivity contribution in [3.8, 4) is 0 Å². The van der Waals surface area contributed by atoms with Crippen LogP contribution in [0, 0.1) is 11.8 Å². The molecule has 5 nitrogen and oxygen atoms in total. The largest absolute Gasteiger partial charge is 0.480 e. The molecule has 1 saturated carbocycles. The monoisotopic (exact) mass is 443 g/mol. The number of carbonyl (C=O) groups is 2. The van der Waals surface area contributed by atoms with Crippen LogP contribution in [0.5, 0.6) is 0 Å². The average molecular weight is 444 g/mol. The highest BCUT2D eigenvalue weighted by Crippen LogP contribution is 2.39. The minimum Gasteiger partial charge on any atom is -0.480 e. The van der Waals surface area contributed by atoms with Crippen LogP contribution in [0.1, 0.15) is 51.0 Å². The number of halogens is 2. The number of aliphatic hydroxyl groups is 1. The predicted octanol–water partition coefficient (Wildman–Crippen LogP) is 3.98. The molecule has 1 aliphatic rings. The number of carbonyl (C=O) groups excluding carboxylic acids is 1. The second kappa shape index (κ2) is 11.8. The van der Waals surface area contributed by atoms with Crippen molar-refractivity contribution in [3.63, 3.8) is 0 Å². The van der Waals surface area contributed by atoms with E-state index in [1.54, 1.807) is 0 Å². The van der Waals surface area contributed by atoms with Gasteiger partial charge in [-0.05, 0) is 24.3 Å². The molecule has 0 aromatic heterocycles. The SMILES string of the molecule is CCCCCCC1C(Cl)CC(C(=O)N[C@@H](Cc2ccccc2)C(=O)O)C(O)C1Cl. The van der Waals surface area contributed by atoms with Crippen molar-refractivity contribution in [3.05, 3.63) is 35.9 Å². The number of aliphatic hydroxyl groups excluding tert-OH is 1. The molecule has 3 N–H and O–H groups in total. The third-order valence-corrected chi connectivity index (χ3v) is 6.80. The Hall–Kier alpha value is -1.30. The summed E-state index contributed by atoms with van der Waals surface area (Å²) >= 11 is 13.0. The predicted molar refractivity (Wildman–Crippen MR) is 115 cm³/mol. The van der Waals surface area contributed by atoms with Gasteiger partial charge in [-0.1, -0.05) is 62.9 Å². The quantitative estimate of drug-likeness (QED) is 0.376. The molecule has 7 heteroatoms. The van der Waals surface area contributed by atoms with Crippen molar-refractivity contribution in [2.75, 3.05) is 0 Å². The van der Waals surface area contributed by atoms with Crippen LogP contribution in [0.3, 0.4) is 0 Å². The highest BCUT2D eigenvalue weighted by Gasteiger charge is 2.45. The number of aliphatic carboxylic acids is 1. The van der Waals surface area contributed by atoms with E-state index in [2.05, 4.69) is 12.2 Å². The minimum atomic E-state index is -1.12. The lowest BCUT2D eigenvalue weighted by atomic mass is 9.76. The molecule has 0 spiro atoms. The molecule has 0 radical (unpaired) electrons. The number of carboxylic acids is 1. The fourth-order valence-electron chi connectivity index (χ4n) is 3.97. The van der Waals surface area contributed by atoms with E-state index in [-0.39, 0.29) is 24.1 Å². The summed E-state index contributed by atoms with van der Waals surface area (Å²) in [4.78, 5) is 24.4. The molecule has 5 unspecified atom stereocenters. The summed E-state index contributed by atoms with van der Waals surface area (Å²) in [5.74, 6) is -2.51. The van der Waals surface area contributed by atoms with Crippen LogP contribution in [-0.4, -0.2) is 45.0 Å². The average Bonchev–Trinajstić information content (AvgIpc) is 2.70. The van der Waals surface area contributed by atoms with Gasteiger partial charge in [-0.2, -0.15) is 0 Å². The molecule has 2 rings (SSSR count). The number of benzene rings is 1. The molecule has 6 atom stereocenters. The molecule has 0 aliphatic heterocycles. The molecule has 1 fully saturated rings. The highest BCUT2D eigenvalue weighted by molar-refractivity contribution is 6.24. The Labute approximate surface area is 182 Å². The summed E-state index contributed by atoms with van der Waals surface area (Å²) in [6, 6.07) is 8.02. The first-order chi connectivity index (χ1) is 13.8. The summed E-state index contributed by atoms with van der Waals surface area (Å²) < 4.78 is 0. The number of hydrogen-bond acceptors (Lipinski definition) is 3. The zero-order valence-electron chi connectivity index (χ0n) is 16.8. The molecule has 1 amide bonds. The third kappa shape index (κ3) is 6.87. The Kier molecular flexibility index (Phi) is 9.73. The van der Waals surface area contributed by atoms with Gasteiger partial charge in [0.2, 0.25) is 5.91 Å². The second-order valence-electron chi connectivity index (χ2n) is 7.90. The number of hydrogen-bond donors (Lipinski definition) is 3. The molecular formula is C22H31Cl2NO4. The van der Waals surface area contributed by atoms with Crippen LogP contribution in [-0.2, 0) is 16.0 Å². The first-order valence-corrected chi connectivity index (χ1v) is 11.3. The molecule has 0 heterocycles. The van der Waals surface area contributed by atoms with Crippen molar-refractivity contribution >= 4 is 35.1 Å². The van der Waals surface area contributed by atoms with Crippen LogP contribution < -0.4 is 5.32 Å². The van der Waals surface area contributed by atoms with Gasteiger partial charge in [0.1, 0.15) is 6.04 Å². The summed E-state index contributed by atoms with van der Waals surface area (Å²) in [5, 5.41) is 21.8. The molecule has 1 aliphatic carbocycles. The lowest BCUT2D eigenvalue weighted by Crippen LogP contribution is -2.54. The number of nitrogens with one attached hydrogen (secondary N) is 1. The highest BCUT2D eigenvalue weighted by atomic mass is 35.5. The van der Waals surface area contributed by atoms with E-state index in [1.807, 2.05) is 30.3 Å². The van der Waals surface area contributed by atoms with Gasteiger partial charge in [-0.25, -0.2) is 4.79 Å². The first-order valence-electron chi connectivity index (χ1n) is 10.4. The fourth-order valence-corrected chi connectivity index (χ4v) is 5.00. The summed E-state index contributed by atoms with van der Waals surface area (Å²) in [6.45, 7) is 2.14. The number of rotatable bonds is 10. The van der Waals surface area contributed by atoms with Gasteiger partial charge in [0.25, 0.3) is 0 Å². The number of carboxylic acid groups (broad SMARTS) is 1. The maximum Gasteiger partial charge on any atom is 0.326 e. The maximum atomic E-state index is 12.8. The van der Waals surface area contributed by atoms with Gasteiger partial charge < -0.3 is 15.5 Å². The number of alkyl halides is 2. The Morgan fingerprint density at radius 3 is 2.48 bits per heavy atom. The van der Waals surface area contributed by atoms with Gasteiger partial charge in [0, 0.05) is 11.8 Å². The second-order valence-corrected chi connectivity index (χ2v) is 8.96.